The van der Waals surface area contributed by atoms with E-state index in [2.05, 4.69) is 15.6 Å². The number of aromatic nitrogens is 1. The van der Waals surface area contributed by atoms with Crippen LogP contribution in [0.3, 0.4) is 0 Å². The number of hydrogen-bond donors (Lipinski definition) is 2. The van der Waals surface area contributed by atoms with Crippen molar-refractivity contribution in [1.29, 1.82) is 0 Å². The van der Waals surface area contributed by atoms with Gasteiger partial charge in [-0.1, -0.05) is 37.3 Å². The number of rotatable bonds is 5. The van der Waals surface area contributed by atoms with Gasteiger partial charge in [-0.05, 0) is 54.8 Å². The number of nitrogens with one attached hydrogen (secondary N) is 2. The lowest BCUT2D eigenvalue weighted by molar-refractivity contribution is 0.102. The average Bonchev–Trinajstić information content (AvgIpc) is 2.68. The molecular formula is C22H21N3O2. The Morgan fingerprint density at radius 2 is 1.74 bits per heavy atom. The minimum Gasteiger partial charge on any atom is -0.322 e. The van der Waals surface area contributed by atoms with E-state index < -0.39 is 0 Å². The molecule has 0 aliphatic heterocycles. The molecule has 0 atom stereocenters. The highest BCUT2D eigenvalue weighted by atomic mass is 16.2. The van der Waals surface area contributed by atoms with Gasteiger partial charge >= 0.3 is 0 Å². The van der Waals surface area contributed by atoms with Gasteiger partial charge in [0.05, 0.1) is 0 Å². The van der Waals surface area contributed by atoms with Gasteiger partial charge in [-0.2, -0.15) is 0 Å². The molecule has 5 heteroatoms. The molecule has 0 fully saturated rings. The van der Waals surface area contributed by atoms with Crippen LogP contribution in [-0.2, 0) is 6.42 Å². The van der Waals surface area contributed by atoms with E-state index in [1.807, 2.05) is 62.4 Å². The normalized spacial score (nSPS) is 10.3. The first kappa shape index (κ1) is 18.3. The van der Waals surface area contributed by atoms with Crippen LogP contribution in [0.25, 0.3) is 0 Å². The van der Waals surface area contributed by atoms with Crippen molar-refractivity contribution in [3.8, 4) is 0 Å². The molecule has 1 aromatic heterocycles. The number of anilines is 2. The van der Waals surface area contributed by atoms with E-state index in [-0.39, 0.29) is 17.5 Å². The molecule has 3 rings (SSSR count). The molecule has 1 heterocycles. The summed E-state index contributed by atoms with van der Waals surface area (Å²) in [7, 11) is 0. The predicted molar refractivity (Wildman–Crippen MR) is 107 cm³/mol. The lowest BCUT2D eigenvalue weighted by atomic mass is 10.1. The minimum absolute atomic E-state index is 0.192. The van der Waals surface area contributed by atoms with Gasteiger partial charge in [0.25, 0.3) is 11.8 Å². The smallest absolute Gasteiger partial charge is 0.274 e. The fourth-order valence-electron chi connectivity index (χ4n) is 2.76. The van der Waals surface area contributed by atoms with Crippen molar-refractivity contribution in [3.05, 3.63) is 89.2 Å². The number of benzene rings is 2. The third-order valence-electron chi connectivity index (χ3n) is 4.18. The van der Waals surface area contributed by atoms with Crippen LogP contribution < -0.4 is 10.6 Å². The van der Waals surface area contributed by atoms with Crippen molar-refractivity contribution in [2.45, 2.75) is 20.3 Å². The summed E-state index contributed by atoms with van der Waals surface area (Å²) in [5, 5.41) is 5.70. The average molecular weight is 359 g/mol. The Labute approximate surface area is 158 Å². The number of pyridine rings is 1. The van der Waals surface area contributed by atoms with Crippen LogP contribution in [0.1, 0.15) is 38.9 Å². The summed E-state index contributed by atoms with van der Waals surface area (Å²) in [6.07, 6.45) is 2.27. The first-order valence-corrected chi connectivity index (χ1v) is 8.80. The van der Waals surface area contributed by atoms with Gasteiger partial charge in [0.1, 0.15) is 5.69 Å². The monoisotopic (exact) mass is 359 g/mol. The Kier molecular flexibility index (Phi) is 5.61. The number of amides is 2. The van der Waals surface area contributed by atoms with E-state index in [1.54, 1.807) is 6.07 Å². The quantitative estimate of drug-likeness (QED) is 0.707. The van der Waals surface area contributed by atoms with Crippen molar-refractivity contribution in [2.24, 2.45) is 0 Å². The Hall–Kier alpha value is -3.47. The van der Waals surface area contributed by atoms with E-state index in [0.717, 1.165) is 23.2 Å². The molecule has 0 aliphatic rings. The van der Waals surface area contributed by atoms with Gasteiger partial charge in [-0.25, -0.2) is 0 Å². The van der Waals surface area contributed by atoms with Crippen LogP contribution in [0.4, 0.5) is 11.4 Å². The molecule has 0 spiro atoms. The molecule has 0 saturated carbocycles. The molecule has 27 heavy (non-hydrogen) atoms. The van der Waals surface area contributed by atoms with E-state index in [0.29, 0.717) is 11.3 Å². The first-order valence-electron chi connectivity index (χ1n) is 8.80. The van der Waals surface area contributed by atoms with Crippen LogP contribution in [-0.4, -0.2) is 16.8 Å². The van der Waals surface area contributed by atoms with Crippen molar-refractivity contribution in [1.82, 2.24) is 4.98 Å². The van der Waals surface area contributed by atoms with Crippen LogP contribution in [0, 0.1) is 6.92 Å². The zero-order chi connectivity index (χ0) is 19.2. The molecule has 5 nitrogen and oxygen atoms in total. The van der Waals surface area contributed by atoms with Gasteiger partial charge in [0, 0.05) is 23.1 Å². The zero-order valence-corrected chi connectivity index (χ0v) is 15.3. The zero-order valence-electron chi connectivity index (χ0n) is 15.3. The number of carbonyl (C=O) groups is 2. The Bertz CT molecular complexity index is 983. The summed E-state index contributed by atoms with van der Waals surface area (Å²) < 4.78 is 0. The number of aryl methyl sites for hydroxylation is 2. The molecule has 2 aromatic carbocycles. The number of nitrogens with zero attached hydrogens (tertiary/aromatic N) is 1. The van der Waals surface area contributed by atoms with Crippen LogP contribution in [0.5, 0.6) is 0 Å². The van der Waals surface area contributed by atoms with E-state index in [4.69, 9.17) is 0 Å². The third-order valence-corrected chi connectivity index (χ3v) is 4.18. The highest BCUT2D eigenvalue weighted by Gasteiger charge is 2.13. The fourth-order valence-corrected chi connectivity index (χ4v) is 2.76. The maximum absolute atomic E-state index is 12.6. The molecule has 2 amide bonds. The van der Waals surface area contributed by atoms with Crippen LogP contribution >= 0.6 is 0 Å². The molecule has 0 saturated heterocycles. The van der Waals surface area contributed by atoms with E-state index in [1.165, 1.54) is 12.3 Å². The molecule has 0 radical (unpaired) electrons. The maximum Gasteiger partial charge on any atom is 0.274 e. The summed E-state index contributed by atoms with van der Waals surface area (Å²) in [4.78, 5) is 29.1. The van der Waals surface area contributed by atoms with Crippen molar-refractivity contribution in [2.75, 3.05) is 10.6 Å². The molecule has 0 aliphatic carbocycles. The summed E-state index contributed by atoms with van der Waals surface area (Å²) in [5.41, 5.74) is 4.12. The third kappa shape index (κ3) is 4.58. The summed E-state index contributed by atoms with van der Waals surface area (Å²) in [5.74, 6) is -0.632. The minimum atomic E-state index is -0.346. The van der Waals surface area contributed by atoms with Crippen molar-refractivity contribution < 1.29 is 9.59 Å². The second-order valence-corrected chi connectivity index (χ2v) is 6.22. The van der Waals surface area contributed by atoms with Gasteiger partial charge in [0.15, 0.2) is 0 Å². The van der Waals surface area contributed by atoms with Crippen LogP contribution in [0.2, 0.25) is 0 Å². The first-order chi connectivity index (χ1) is 13.1. The fraction of sp³-hybridized carbons (Fsp3) is 0.136. The number of carbonyl (C=O) groups excluding carboxylic acids is 2. The van der Waals surface area contributed by atoms with Gasteiger partial charge < -0.3 is 10.6 Å². The predicted octanol–water partition coefficient (Wildman–Crippen LogP) is 4.46. The summed E-state index contributed by atoms with van der Waals surface area (Å²) >= 11 is 0. The Balaban J connectivity index is 1.76. The number of para-hydroxylation sites is 1. The van der Waals surface area contributed by atoms with Gasteiger partial charge in [-0.3, -0.25) is 14.6 Å². The lowest BCUT2D eigenvalue weighted by Crippen LogP contribution is -2.17. The lowest BCUT2D eigenvalue weighted by Gasteiger charge is -2.10. The van der Waals surface area contributed by atoms with E-state index >= 15 is 0 Å². The Morgan fingerprint density at radius 3 is 2.52 bits per heavy atom. The second-order valence-electron chi connectivity index (χ2n) is 6.22. The number of hydrogen-bond acceptors (Lipinski definition) is 3. The van der Waals surface area contributed by atoms with Crippen molar-refractivity contribution in [3.63, 3.8) is 0 Å². The molecule has 0 unspecified atom stereocenters. The van der Waals surface area contributed by atoms with Crippen molar-refractivity contribution >= 4 is 23.2 Å². The highest BCUT2D eigenvalue weighted by Crippen LogP contribution is 2.17. The van der Waals surface area contributed by atoms with E-state index in [9.17, 15) is 9.59 Å². The largest absolute Gasteiger partial charge is 0.322 e. The molecule has 2 N–H and O–H groups in total. The summed E-state index contributed by atoms with van der Waals surface area (Å²) in [6, 6.07) is 18.2. The molecule has 136 valence electrons. The SMILES string of the molecule is CCc1ccccc1NC(=O)c1cc(C(=O)Nc2cccc(C)c2)ccn1. The molecule has 3 aromatic rings. The Morgan fingerprint density at radius 1 is 0.926 bits per heavy atom. The maximum atomic E-state index is 12.6. The molecular weight excluding hydrogens is 338 g/mol. The van der Waals surface area contributed by atoms with Crippen LogP contribution in [0.15, 0.2) is 66.9 Å². The second kappa shape index (κ2) is 8.27. The standard InChI is InChI=1S/C22H21N3O2/c1-3-16-8-4-5-10-19(16)25-22(27)20-14-17(11-12-23-20)21(26)24-18-9-6-7-15(2)13-18/h4-14H,3H2,1-2H3,(H,24,26)(H,25,27). The summed E-state index contributed by atoms with van der Waals surface area (Å²) in [6.45, 7) is 3.98. The molecule has 0 bridgehead atoms. The van der Waals surface area contributed by atoms with Gasteiger partial charge in [-0.15, -0.1) is 0 Å². The topological polar surface area (TPSA) is 71.1 Å². The highest BCUT2D eigenvalue weighted by molar-refractivity contribution is 6.08. The van der Waals surface area contributed by atoms with Gasteiger partial charge in [0.2, 0.25) is 0 Å².